The van der Waals surface area contributed by atoms with Crippen LogP contribution in [0.2, 0.25) is 4.34 Å². The number of nitrogens with one attached hydrogen (secondary N) is 1. The van der Waals surface area contributed by atoms with Crippen molar-refractivity contribution in [2.45, 2.75) is 23.5 Å². The Kier molecular flexibility index (Phi) is 4.91. The van der Waals surface area contributed by atoms with E-state index in [4.69, 9.17) is 11.6 Å². The van der Waals surface area contributed by atoms with Crippen LogP contribution in [0.1, 0.15) is 17.8 Å². The summed E-state index contributed by atoms with van der Waals surface area (Å²) in [5.74, 6) is 2.54. The van der Waals surface area contributed by atoms with Crippen LogP contribution in [0.4, 0.5) is 0 Å². The third-order valence-electron chi connectivity index (χ3n) is 2.78. The normalized spacial score (nSPS) is 27.9. The van der Waals surface area contributed by atoms with Crippen LogP contribution in [0.25, 0.3) is 0 Å². The lowest BCUT2D eigenvalue weighted by Crippen LogP contribution is -2.35. The minimum absolute atomic E-state index is 0.435. The Morgan fingerprint density at radius 2 is 2.12 bits per heavy atom. The molecule has 1 aromatic rings. The largest absolute Gasteiger partial charge is 0.311 e. The van der Waals surface area contributed by atoms with Crippen molar-refractivity contribution >= 4 is 46.5 Å². The SMILES string of the molecule is CNC(c1ccc(Cl)s1)C1SCCSC1C. The van der Waals surface area contributed by atoms with Crippen molar-refractivity contribution < 1.29 is 0 Å². The van der Waals surface area contributed by atoms with Gasteiger partial charge < -0.3 is 5.32 Å². The summed E-state index contributed by atoms with van der Waals surface area (Å²) in [6.45, 7) is 2.33. The molecule has 0 aromatic carbocycles. The van der Waals surface area contributed by atoms with Gasteiger partial charge in [0.1, 0.15) is 0 Å². The van der Waals surface area contributed by atoms with Crippen molar-refractivity contribution in [2.24, 2.45) is 0 Å². The predicted molar refractivity (Wildman–Crippen MR) is 79.3 cm³/mol. The molecule has 0 saturated carbocycles. The summed E-state index contributed by atoms with van der Waals surface area (Å²) in [6, 6.07) is 4.59. The van der Waals surface area contributed by atoms with Crippen LogP contribution in [0.3, 0.4) is 0 Å². The molecular formula is C11H16ClNS3. The first-order valence-corrected chi connectivity index (χ1v) is 8.67. The second kappa shape index (κ2) is 6.01. The molecular weight excluding hydrogens is 278 g/mol. The van der Waals surface area contributed by atoms with E-state index in [1.54, 1.807) is 11.3 Å². The zero-order valence-corrected chi connectivity index (χ0v) is 12.6. The minimum atomic E-state index is 0.435. The summed E-state index contributed by atoms with van der Waals surface area (Å²) in [6.07, 6.45) is 0. The standard InChI is InChI=1S/C11H16ClNS3/c1-7-11(15-6-5-14-7)10(13-2)8-3-4-9(12)16-8/h3-4,7,10-11,13H,5-6H2,1-2H3. The lowest BCUT2D eigenvalue weighted by Gasteiger charge is -2.33. The van der Waals surface area contributed by atoms with Crippen LogP contribution in [-0.4, -0.2) is 29.1 Å². The molecule has 5 heteroatoms. The van der Waals surface area contributed by atoms with Gasteiger partial charge in [-0.05, 0) is 19.2 Å². The smallest absolute Gasteiger partial charge is 0.0931 e. The van der Waals surface area contributed by atoms with Crippen LogP contribution >= 0.6 is 46.5 Å². The van der Waals surface area contributed by atoms with E-state index in [0.29, 0.717) is 16.5 Å². The Hall–Kier alpha value is 0.650. The predicted octanol–water partition coefficient (Wildman–Crippen LogP) is 3.90. The zero-order chi connectivity index (χ0) is 11.5. The highest BCUT2D eigenvalue weighted by Gasteiger charge is 2.31. The number of halogens is 1. The summed E-state index contributed by atoms with van der Waals surface area (Å²) in [4.78, 5) is 1.36. The lowest BCUT2D eigenvalue weighted by atomic mass is 10.1. The minimum Gasteiger partial charge on any atom is -0.311 e. The van der Waals surface area contributed by atoms with Crippen LogP contribution in [-0.2, 0) is 0 Å². The van der Waals surface area contributed by atoms with Gasteiger partial charge >= 0.3 is 0 Å². The molecule has 16 heavy (non-hydrogen) atoms. The molecule has 90 valence electrons. The van der Waals surface area contributed by atoms with Crippen molar-refractivity contribution in [1.82, 2.24) is 5.32 Å². The van der Waals surface area contributed by atoms with Crippen LogP contribution in [0.5, 0.6) is 0 Å². The third-order valence-corrected chi connectivity index (χ3v) is 7.29. The van der Waals surface area contributed by atoms with E-state index in [2.05, 4.69) is 41.8 Å². The van der Waals surface area contributed by atoms with Gasteiger partial charge in [0.15, 0.2) is 0 Å². The van der Waals surface area contributed by atoms with E-state index in [-0.39, 0.29) is 0 Å². The highest BCUT2D eigenvalue weighted by molar-refractivity contribution is 8.07. The molecule has 3 unspecified atom stereocenters. The molecule has 2 rings (SSSR count). The molecule has 1 aliphatic rings. The molecule has 1 aliphatic heterocycles. The summed E-state index contributed by atoms with van der Waals surface area (Å²) < 4.78 is 0.886. The average Bonchev–Trinajstić information content (AvgIpc) is 2.69. The first kappa shape index (κ1) is 13.1. The number of thiophene rings is 1. The lowest BCUT2D eigenvalue weighted by molar-refractivity contribution is 0.569. The molecule has 0 aliphatic carbocycles. The van der Waals surface area contributed by atoms with Crippen LogP contribution in [0, 0.1) is 0 Å². The van der Waals surface area contributed by atoms with E-state index in [1.165, 1.54) is 16.4 Å². The fraction of sp³-hybridized carbons (Fsp3) is 0.636. The molecule has 1 nitrogen and oxygen atoms in total. The average molecular weight is 294 g/mol. The maximum Gasteiger partial charge on any atom is 0.0931 e. The van der Waals surface area contributed by atoms with E-state index in [9.17, 15) is 0 Å². The van der Waals surface area contributed by atoms with Crippen molar-refractivity contribution in [3.63, 3.8) is 0 Å². The van der Waals surface area contributed by atoms with Crippen molar-refractivity contribution in [1.29, 1.82) is 0 Å². The topological polar surface area (TPSA) is 12.0 Å². The molecule has 1 fully saturated rings. The Balaban J connectivity index is 2.14. The molecule has 0 amide bonds. The molecule has 1 saturated heterocycles. The van der Waals surface area contributed by atoms with Crippen molar-refractivity contribution in [3.05, 3.63) is 21.3 Å². The van der Waals surface area contributed by atoms with E-state index in [0.717, 1.165) is 4.34 Å². The van der Waals surface area contributed by atoms with E-state index < -0.39 is 0 Å². The third kappa shape index (κ3) is 2.91. The fourth-order valence-corrected chi connectivity index (χ4v) is 6.26. The second-order valence-corrected chi connectivity index (χ2v) is 8.34. The van der Waals surface area contributed by atoms with E-state index >= 15 is 0 Å². The van der Waals surface area contributed by atoms with Crippen LogP contribution < -0.4 is 5.32 Å². The summed E-state index contributed by atoms with van der Waals surface area (Å²) in [7, 11) is 2.05. The Morgan fingerprint density at radius 3 is 2.69 bits per heavy atom. The second-order valence-electron chi connectivity index (χ2n) is 3.82. The maximum atomic E-state index is 6.02. The highest BCUT2D eigenvalue weighted by Crippen LogP contribution is 2.40. The molecule has 1 aromatic heterocycles. The molecule has 0 bridgehead atoms. The quantitative estimate of drug-likeness (QED) is 0.908. The molecule has 3 atom stereocenters. The molecule has 2 heterocycles. The maximum absolute atomic E-state index is 6.02. The van der Waals surface area contributed by atoms with Gasteiger partial charge in [-0.15, -0.1) is 11.3 Å². The number of hydrogen-bond donors (Lipinski definition) is 1. The van der Waals surface area contributed by atoms with Gasteiger partial charge in [-0.1, -0.05) is 18.5 Å². The van der Waals surface area contributed by atoms with Gasteiger partial charge in [0, 0.05) is 26.9 Å². The monoisotopic (exact) mass is 293 g/mol. The van der Waals surface area contributed by atoms with Gasteiger partial charge in [-0.2, -0.15) is 23.5 Å². The Morgan fingerprint density at radius 1 is 1.38 bits per heavy atom. The Bertz CT molecular complexity index is 342. The number of thioether (sulfide) groups is 2. The summed E-state index contributed by atoms with van der Waals surface area (Å²) in [5.41, 5.74) is 0. The molecule has 0 radical (unpaired) electrons. The van der Waals surface area contributed by atoms with Crippen molar-refractivity contribution in [3.8, 4) is 0 Å². The highest BCUT2D eigenvalue weighted by atomic mass is 35.5. The fourth-order valence-electron chi connectivity index (χ4n) is 1.98. The number of rotatable bonds is 3. The van der Waals surface area contributed by atoms with Gasteiger partial charge in [-0.25, -0.2) is 0 Å². The first-order chi connectivity index (χ1) is 7.72. The molecule has 1 N–H and O–H groups in total. The van der Waals surface area contributed by atoms with Gasteiger partial charge in [-0.3, -0.25) is 0 Å². The van der Waals surface area contributed by atoms with Crippen molar-refractivity contribution in [2.75, 3.05) is 18.6 Å². The first-order valence-electron chi connectivity index (χ1n) is 5.38. The zero-order valence-electron chi connectivity index (χ0n) is 9.40. The van der Waals surface area contributed by atoms with Gasteiger partial charge in [0.05, 0.1) is 10.4 Å². The summed E-state index contributed by atoms with van der Waals surface area (Å²) in [5, 5.41) is 4.81. The van der Waals surface area contributed by atoms with Gasteiger partial charge in [0.25, 0.3) is 0 Å². The molecule has 0 spiro atoms. The summed E-state index contributed by atoms with van der Waals surface area (Å²) >= 11 is 11.9. The number of hydrogen-bond acceptors (Lipinski definition) is 4. The van der Waals surface area contributed by atoms with Crippen LogP contribution in [0.15, 0.2) is 12.1 Å². The van der Waals surface area contributed by atoms with E-state index in [1.807, 2.05) is 13.1 Å². The van der Waals surface area contributed by atoms with Gasteiger partial charge in [0.2, 0.25) is 0 Å². The Labute approximate surface area is 115 Å².